The van der Waals surface area contributed by atoms with Crippen LogP contribution in [0.25, 0.3) is 5.69 Å². The van der Waals surface area contributed by atoms with Gasteiger partial charge in [-0.15, -0.1) is 0 Å². The molecule has 0 aliphatic rings. The maximum Gasteiger partial charge on any atom is 0.306 e. The van der Waals surface area contributed by atoms with Gasteiger partial charge in [0.2, 0.25) is 0 Å². The summed E-state index contributed by atoms with van der Waals surface area (Å²) in [6.45, 7) is 11.8. The van der Waals surface area contributed by atoms with Crippen molar-refractivity contribution >= 4 is 29.4 Å². The van der Waals surface area contributed by atoms with Crippen molar-refractivity contribution in [3.05, 3.63) is 51.8 Å². The van der Waals surface area contributed by atoms with Gasteiger partial charge in [-0.25, -0.2) is 10.2 Å². The third kappa shape index (κ3) is 6.05. The van der Waals surface area contributed by atoms with Crippen LogP contribution in [0.1, 0.15) is 62.3 Å². The van der Waals surface area contributed by atoms with E-state index in [2.05, 4.69) is 31.2 Å². The van der Waals surface area contributed by atoms with Gasteiger partial charge < -0.3 is 4.57 Å². The topological polar surface area (TPSA) is 75.2 Å². The van der Waals surface area contributed by atoms with E-state index in [1.165, 1.54) is 0 Å². The molecule has 1 aromatic carbocycles. The molecule has 0 bridgehead atoms. The molecule has 0 unspecified atom stereocenters. The summed E-state index contributed by atoms with van der Waals surface area (Å²) in [4.78, 5) is 13.1. The fourth-order valence-electron chi connectivity index (χ4n) is 3.09. The van der Waals surface area contributed by atoms with Gasteiger partial charge >= 0.3 is 7.59 Å². The zero-order valence-corrected chi connectivity index (χ0v) is 20.5. The number of nitrogens with one attached hydrogen (secondary N) is 3. The van der Waals surface area contributed by atoms with Crippen LogP contribution in [0.2, 0.25) is 0 Å². The van der Waals surface area contributed by atoms with Crippen LogP contribution in [0.3, 0.4) is 0 Å². The lowest BCUT2D eigenvalue weighted by atomic mass is 10.2. The molecule has 0 spiro atoms. The second kappa shape index (κ2) is 10.1. The number of aryl methyl sites for hydroxylation is 1. The number of rotatable bonds is 9. The van der Waals surface area contributed by atoms with Crippen molar-refractivity contribution in [3.8, 4) is 5.69 Å². The van der Waals surface area contributed by atoms with E-state index in [4.69, 9.17) is 0 Å². The number of carbonyl (C=O) groups is 1. The molecule has 3 N–H and O–H groups in total. The van der Waals surface area contributed by atoms with E-state index in [1.54, 1.807) is 0 Å². The second-order valence-corrected chi connectivity index (χ2v) is 10.4. The van der Waals surface area contributed by atoms with E-state index >= 15 is 0 Å². The molecule has 0 saturated heterocycles. The number of halogens is 1. The Bertz CT molecular complexity index is 879. The molecule has 160 valence electrons. The molecule has 0 radical (unpaired) electrons. The molecular formula is C21H32BrN4O2P. The maximum absolute atomic E-state index is 13.5. The predicted molar refractivity (Wildman–Crippen MR) is 124 cm³/mol. The normalized spacial score (nSPS) is 13.9. The average Bonchev–Trinajstić information content (AvgIpc) is 2.96. The average molecular weight is 483 g/mol. The van der Waals surface area contributed by atoms with E-state index in [0.717, 1.165) is 34.4 Å². The highest BCUT2D eigenvalue weighted by atomic mass is 79.9. The van der Waals surface area contributed by atoms with Crippen molar-refractivity contribution in [2.45, 2.75) is 66.5 Å². The van der Waals surface area contributed by atoms with Crippen molar-refractivity contribution in [2.75, 3.05) is 0 Å². The minimum Gasteiger partial charge on any atom is -0.318 e. The van der Waals surface area contributed by atoms with Gasteiger partial charge in [-0.05, 0) is 70.9 Å². The Balaban J connectivity index is 2.33. The van der Waals surface area contributed by atoms with Crippen molar-refractivity contribution in [1.82, 2.24) is 19.8 Å². The molecule has 0 fully saturated rings. The Labute approximate surface area is 182 Å². The molecule has 8 heteroatoms. The molecule has 2 aromatic rings. The Morgan fingerprint density at radius 2 is 1.59 bits per heavy atom. The van der Waals surface area contributed by atoms with Gasteiger partial charge in [-0.2, -0.15) is 0 Å². The van der Waals surface area contributed by atoms with E-state index in [9.17, 15) is 9.36 Å². The van der Waals surface area contributed by atoms with Gasteiger partial charge in [0, 0.05) is 33.6 Å². The Morgan fingerprint density at radius 1 is 1.07 bits per heavy atom. The lowest BCUT2D eigenvalue weighted by Crippen LogP contribution is -2.41. The summed E-state index contributed by atoms with van der Waals surface area (Å²) in [5.74, 6) is -0.351. The van der Waals surface area contributed by atoms with Gasteiger partial charge in [-0.1, -0.05) is 29.8 Å². The molecule has 6 nitrogen and oxygen atoms in total. The molecule has 0 aliphatic carbocycles. The van der Waals surface area contributed by atoms with Crippen LogP contribution in [0.4, 0.5) is 0 Å². The minimum atomic E-state index is -3.31. The Kier molecular flexibility index (Phi) is 8.29. The predicted octanol–water partition coefficient (Wildman–Crippen LogP) is 5.47. The van der Waals surface area contributed by atoms with Crippen molar-refractivity contribution < 1.29 is 9.36 Å². The molecule has 0 aliphatic heterocycles. The highest BCUT2D eigenvalue weighted by molar-refractivity contribution is 9.10. The van der Waals surface area contributed by atoms with Gasteiger partial charge in [0.15, 0.2) is 0 Å². The number of hydrogen-bond donors (Lipinski definition) is 3. The van der Waals surface area contributed by atoms with E-state index in [1.807, 2.05) is 76.4 Å². The highest BCUT2D eigenvalue weighted by Gasteiger charge is 2.29. The van der Waals surface area contributed by atoms with Gasteiger partial charge in [0.25, 0.3) is 5.91 Å². The summed E-state index contributed by atoms with van der Waals surface area (Å²) in [6.07, 6.45) is 1.61. The molecule has 1 amide bonds. The second-order valence-electron chi connectivity index (χ2n) is 7.52. The summed E-state index contributed by atoms with van der Waals surface area (Å²) in [7, 11) is -3.31. The van der Waals surface area contributed by atoms with Crippen LogP contribution in [0.5, 0.6) is 0 Å². The first-order valence-corrected chi connectivity index (χ1v) is 12.5. The zero-order valence-electron chi connectivity index (χ0n) is 18.0. The van der Waals surface area contributed by atoms with Crippen molar-refractivity contribution in [1.29, 1.82) is 0 Å². The zero-order chi connectivity index (χ0) is 21.8. The number of nitrogens with zero attached hydrogens (tertiary/aromatic N) is 1. The molecule has 2 atom stereocenters. The molecule has 1 heterocycles. The lowest BCUT2D eigenvalue weighted by molar-refractivity contribution is 0.0978. The number of benzene rings is 1. The molecule has 2 rings (SSSR count). The van der Waals surface area contributed by atoms with E-state index in [0.29, 0.717) is 5.56 Å². The summed E-state index contributed by atoms with van der Waals surface area (Å²) >= 11 is 3.45. The SMILES string of the molecule is CC[C@@H](C)NP(=O)(NC(=O)c1cc(C)n(-c2ccc(Br)cc2)c1C)N[C@H](C)CC. The molecule has 1 aromatic heterocycles. The first-order chi connectivity index (χ1) is 13.6. The Morgan fingerprint density at radius 3 is 2.07 bits per heavy atom. The van der Waals surface area contributed by atoms with Crippen LogP contribution in [0.15, 0.2) is 34.8 Å². The number of aromatic nitrogens is 1. The first kappa shape index (κ1) is 23.9. The number of amides is 1. The summed E-state index contributed by atoms with van der Waals surface area (Å²) in [6, 6.07) is 9.77. The fourth-order valence-corrected chi connectivity index (χ4v) is 5.57. The van der Waals surface area contributed by atoms with Gasteiger partial charge in [0.05, 0.1) is 5.56 Å². The third-order valence-corrected chi connectivity index (χ3v) is 7.70. The standard InChI is InChI=1S/C21H32BrN4O2P/c1-7-14(3)23-29(28,24-15(4)8-2)25-21(27)20-13-16(5)26(17(20)6)19-11-9-18(22)10-12-19/h9-15H,7-8H2,1-6H3,(H3,23,24,25,27,28)/t14-,15-/m1/s1. The lowest BCUT2D eigenvalue weighted by Gasteiger charge is -2.27. The van der Waals surface area contributed by atoms with Crippen LogP contribution in [-0.4, -0.2) is 22.6 Å². The third-order valence-electron chi connectivity index (χ3n) is 5.05. The Hall–Kier alpha value is -1.40. The van der Waals surface area contributed by atoms with Crippen LogP contribution < -0.4 is 15.3 Å². The number of hydrogen-bond acceptors (Lipinski definition) is 2. The van der Waals surface area contributed by atoms with Gasteiger partial charge in [0.1, 0.15) is 0 Å². The van der Waals surface area contributed by atoms with Crippen molar-refractivity contribution in [3.63, 3.8) is 0 Å². The monoisotopic (exact) mass is 482 g/mol. The fraction of sp³-hybridized carbons (Fsp3) is 0.476. The molecular weight excluding hydrogens is 451 g/mol. The van der Waals surface area contributed by atoms with E-state index in [-0.39, 0.29) is 18.0 Å². The minimum absolute atomic E-state index is 0.00730. The van der Waals surface area contributed by atoms with Crippen LogP contribution in [-0.2, 0) is 4.57 Å². The highest BCUT2D eigenvalue weighted by Crippen LogP contribution is 2.34. The molecule has 29 heavy (non-hydrogen) atoms. The van der Waals surface area contributed by atoms with Gasteiger partial charge in [-0.3, -0.25) is 14.4 Å². The summed E-state index contributed by atoms with van der Waals surface area (Å²) < 4.78 is 16.5. The summed E-state index contributed by atoms with van der Waals surface area (Å²) in [5.41, 5.74) is 3.24. The molecule has 0 saturated carbocycles. The smallest absolute Gasteiger partial charge is 0.306 e. The maximum atomic E-state index is 13.5. The quantitative estimate of drug-likeness (QED) is 0.414. The van der Waals surface area contributed by atoms with Crippen LogP contribution in [0, 0.1) is 13.8 Å². The van der Waals surface area contributed by atoms with Crippen LogP contribution >= 0.6 is 23.5 Å². The number of carbonyl (C=O) groups excluding carboxylic acids is 1. The van der Waals surface area contributed by atoms with Crippen molar-refractivity contribution in [2.24, 2.45) is 0 Å². The van der Waals surface area contributed by atoms with E-state index < -0.39 is 7.59 Å². The first-order valence-electron chi connectivity index (χ1n) is 10.0. The largest absolute Gasteiger partial charge is 0.318 e. The summed E-state index contributed by atoms with van der Waals surface area (Å²) in [5, 5.41) is 8.93.